The molecule has 0 radical (unpaired) electrons. The molecule has 1 amide bonds. The molecule has 110 valence electrons. The number of hydrogen-bond acceptors (Lipinski definition) is 4. The lowest BCUT2D eigenvalue weighted by Crippen LogP contribution is -2.35. The molecule has 1 aliphatic heterocycles. The van der Waals surface area contributed by atoms with Crippen LogP contribution in [0.1, 0.15) is 12.0 Å². The topological polar surface area (TPSA) is 87.4 Å². The summed E-state index contributed by atoms with van der Waals surface area (Å²) in [5, 5.41) is 14.0. The van der Waals surface area contributed by atoms with Crippen LogP contribution in [-0.4, -0.2) is 29.8 Å². The van der Waals surface area contributed by atoms with E-state index in [4.69, 9.17) is 10.8 Å². The SMILES string of the molecule is Nc1cc2c(cc1NCC(O)C(F)(F)F)NC(=O)CC2. The maximum Gasteiger partial charge on any atom is 0.416 e. The molecule has 1 aliphatic rings. The largest absolute Gasteiger partial charge is 0.416 e. The summed E-state index contributed by atoms with van der Waals surface area (Å²) in [5.41, 5.74) is 7.62. The summed E-state index contributed by atoms with van der Waals surface area (Å²) in [4.78, 5) is 11.3. The van der Waals surface area contributed by atoms with Gasteiger partial charge in [-0.3, -0.25) is 4.79 Å². The van der Waals surface area contributed by atoms with E-state index in [1.54, 1.807) is 6.07 Å². The number of nitrogens with one attached hydrogen (secondary N) is 2. The molecule has 5 N–H and O–H groups in total. The van der Waals surface area contributed by atoms with Crippen molar-refractivity contribution in [2.45, 2.75) is 25.1 Å². The van der Waals surface area contributed by atoms with Gasteiger partial charge in [0.2, 0.25) is 5.91 Å². The Morgan fingerprint density at radius 2 is 2.10 bits per heavy atom. The Morgan fingerprint density at radius 3 is 2.75 bits per heavy atom. The van der Waals surface area contributed by atoms with Crippen LogP contribution in [0, 0.1) is 0 Å². The van der Waals surface area contributed by atoms with Gasteiger partial charge in [0.05, 0.1) is 11.4 Å². The number of hydrogen-bond donors (Lipinski definition) is 4. The van der Waals surface area contributed by atoms with Crippen LogP contribution in [0.5, 0.6) is 0 Å². The number of alkyl halides is 3. The lowest BCUT2D eigenvalue weighted by Gasteiger charge is -2.21. The number of carbonyl (C=O) groups excluding carboxylic acids is 1. The van der Waals surface area contributed by atoms with Gasteiger partial charge in [-0.25, -0.2) is 0 Å². The third-order valence-electron chi connectivity index (χ3n) is 3.03. The molecule has 1 heterocycles. The third-order valence-corrected chi connectivity index (χ3v) is 3.03. The molecule has 5 nitrogen and oxygen atoms in total. The normalized spacial score (nSPS) is 16.3. The number of benzene rings is 1. The number of nitrogens with two attached hydrogens (primary N) is 1. The minimum Gasteiger partial charge on any atom is -0.397 e. The number of aryl methyl sites for hydroxylation is 1. The first-order chi connectivity index (χ1) is 9.27. The highest BCUT2D eigenvalue weighted by atomic mass is 19.4. The van der Waals surface area contributed by atoms with Gasteiger partial charge in [-0.1, -0.05) is 0 Å². The Labute approximate surface area is 113 Å². The van der Waals surface area contributed by atoms with Crippen molar-refractivity contribution < 1.29 is 23.1 Å². The van der Waals surface area contributed by atoms with Crippen LogP contribution in [0.3, 0.4) is 0 Å². The standard InChI is InChI=1S/C12H14F3N3O2/c13-12(14,15)10(19)5-17-9-4-8-6(3-7(9)16)1-2-11(20)18-8/h3-4,10,17,19H,1-2,5,16H2,(H,18,20). The van der Waals surface area contributed by atoms with Gasteiger partial charge in [0.25, 0.3) is 0 Å². The fourth-order valence-electron chi connectivity index (χ4n) is 1.92. The summed E-state index contributed by atoms with van der Waals surface area (Å²) in [5.74, 6) is -0.149. The van der Waals surface area contributed by atoms with E-state index >= 15 is 0 Å². The Bertz CT molecular complexity index is 531. The molecular formula is C12H14F3N3O2. The maximum atomic E-state index is 12.2. The van der Waals surface area contributed by atoms with Crippen LogP contribution in [-0.2, 0) is 11.2 Å². The molecule has 0 aromatic heterocycles. The van der Waals surface area contributed by atoms with Gasteiger partial charge < -0.3 is 21.5 Å². The molecule has 1 aromatic carbocycles. The predicted molar refractivity (Wildman–Crippen MR) is 68.4 cm³/mol. The first kappa shape index (κ1) is 14.4. The molecule has 2 rings (SSSR count). The second kappa shape index (κ2) is 5.20. The molecule has 20 heavy (non-hydrogen) atoms. The van der Waals surface area contributed by atoms with E-state index in [2.05, 4.69) is 10.6 Å². The molecule has 8 heteroatoms. The predicted octanol–water partition coefficient (Wildman–Crippen LogP) is 1.49. The van der Waals surface area contributed by atoms with E-state index in [9.17, 15) is 18.0 Å². The quantitative estimate of drug-likeness (QED) is 0.635. The monoisotopic (exact) mass is 289 g/mol. The van der Waals surface area contributed by atoms with Crippen LogP contribution in [0.2, 0.25) is 0 Å². The van der Waals surface area contributed by atoms with Crippen LogP contribution in [0.25, 0.3) is 0 Å². The number of nitrogen functional groups attached to an aromatic ring is 1. The van der Waals surface area contributed by atoms with Gasteiger partial charge in [-0.05, 0) is 24.1 Å². The number of rotatable bonds is 3. The molecule has 0 fully saturated rings. The first-order valence-electron chi connectivity index (χ1n) is 5.98. The number of fused-ring (bicyclic) bond motifs is 1. The minimum absolute atomic E-state index is 0.149. The van der Waals surface area contributed by atoms with Crippen molar-refractivity contribution >= 4 is 23.0 Å². The van der Waals surface area contributed by atoms with Crippen molar-refractivity contribution in [1.82, 2.24) is 0 Å². The number of halogens is 3. The molecule has 1 unspecified atom stereocenters. The summed E-state index contributed by atoms with van der Waals surface area (Å²) in [6, 6.07) is 3.09. The smallest absolute Gasteiger partial charge is 0.397 e. The molecule has 0 saturated heterocycles. The van der Waals surface area contributed by atoms with Crippen LogP contribution >= 0.6 is 0 Å². The minimum atomic E-state index is -4.69. The molecule has 1 atom stereocenters. The maximum absolute atomic E-state index is 12.2. The lowest BCUT2D eigenvalue weighted by atomic mass is 10.0. The van der Waals surface area contributed by atoms with Crippen LogP contribution in [0.15, 0.2) is 12.1 Å². The van der Waals surface area contributed by atoms with E-state index in [1.807, 2.05) is 0 Å². The van der Waals surface area contributed by atoms with E-state index in [1.165, 1.54) is 6.07 Å². The third kappa shape index (κ3) is 3.13. The van der Waals surface area contributed by atoms with Gasteiger partial charge in [-0.15, -0.1) is 0 Å². The van der Waals surface area contributed by atoms with E-state index in [0.717, 1.165) is 5.56 Å². The van der Waals surface area contributed by atoms with Crippen molar-refractivity contribution in [3.8, 4) is 0 Å². The van der Waals surface area contributed by atoms with Crippen molar-refractivity contribution in [3.63, 3.8) is 0 Å². The van der Waals surface area contributed by atoms with Gasteiger partial charge in [0.15, 0.2) is 6.10 Å². The van der Waals surface area contributed by atoms with E-state index < -0.39 is 18.8 Å². The fourth-order valence-corrected chi connectivity index (χ4v) is 1.92. The Hall–Kier alpha value is -1.96. The van der Waals surface area contributed by atoms with Crippen molar-refractivity contribution in [3.05, 3.63) is 17.7 Å². The average Bonchev–Trinajstić information content (AvgIpc) is 2.35. The zero-order valence-electron chi connectivity index (χ0n) is 10.4. The molecular weight excluding hydrogens is 275 g/mol. The second-order valence-electron chi connectivity index (χ2n) is 4.58. The van der Waals surface area contributed by atoms with Crippen molar-refractivity contribution in [1.29, 1.82) is 0 Å². The zero-order valence-corrected chi connectivity index (χ0v) is 10.4. The lowest BCUT2D eigenvalue weighted by molar-refractivity contribution is -0.198. The molecule has 0 bridgehead atoms. The Morgan fingerprint density at radius 1 is 1.40 bits per heavy atom. The zero-order chi connectivity index (χ0) is 14.9. The van der Waals surface area contributed by atoms with Gasteiger partial charge in [0, 0.05) is 18.7 Å². The molecule has 0 spiro atoms. The summed E-state index contributed by atoms with van der Waals surface area (Å²) in [6.45, 7) is -0.708. The number of anilines is 3. The number of aliphatic hydroxyl groups is 1. The Kier molecular flexibility index (Phi) is 3.76. The van der Waals surface area contributed by atoms with E-state index in [0.29, 0.717) is 18.5 Å². The van der Waals surface area contributed by atoms with Crippen molar-refractivity contribution in [2.75, 3.05) is 22.9 Å². The van der Waals surface area contributed by atoms with Gasteiger partial charge in [0.1, 0.15) is 0 Å². The number of aliphatic hydroxyl groups excluding tert-OH is 1. The highest BCUT2D eigenvalue weighted by Gasteiger charge is 2.37. The summed E-state index contributed by atoms with van der Waals surface area (Å²) in [6.07, 6.45) is -6.28. The number of amides is 1. The second-order valence-corrected chi connectivity index (χ2v) is 4.58. The summed E-state index contributed by atoms with van der Waals surface area (Å²) < 4.78 is 36.6. The Balaban J connectivity index is 2.13. The highest BCUT2D eigenvalue weighted by Crippen LogP contribution is 2.31. The van der Waals surface area contributed by atoms with Crippen LogP contribution < -0.4 is 16.4 Å². The fraction of sp³-hybridized carbons (Fsp3) is 0.417. The van der Waals surface area contributed by atoms with Gasteiger partial charge in [-0.2, -0.15) is 13.2 Å². The average molecular weight is 289 g/mol. The summed E-state index contributed by atoms with van der Waals surface area (Å²) >= 11 is 0. The number of carbonyl (C=O) groups is 1. The van der Waals surface area contributed by atoms with Crippen molar-refractivity contribution in [2.24, 2.45) is 0 Å². The summed E-state index contributed by atoms with van der Waals surface area (Å²) in [7, 11) is 0. The molecule has 0 aliphatic carbocycles. The molecule has 0 saturated carbocycles. The van der Waals surface area contributed by atoms with Crippen LogP contribution in [0.4, 0.5) is 30.2 Å². The highest BCUT2D eigenvalue weighted by molar-refractivity contribution is 5.95. The van der Waals surface area contributed by atoms with E-state index in [-0.39, 0.29) is 17.3 Å². The van der Waals surface area contributed by atoms with Gasteiger partial charge >= 0.3 is 6.18 Å². The molecule has 1 aromatic rings. The first-order valence-corrected chi connectivity index (χ1v) is 5.98.